The Morgan fingerprint density at radius 2 is 2.11 bits per heavy atom. The number of aryl methyl sites for hydroxylation is 1. The number of benzene rings is 1. The summed E-state index contributed by atoms with van der Waals surface area (Å²) in [6.07, 6.45) is 1.20. The SMILES string of the molecule is Cc1ccc(-n2cc(C#N)c(=O)[nH]c2=O)cc1Cl. The van der Waals surface area contributed by atoms with E-state index >= 15 is 0 Å². The molecule has 2 rings (SSSR count). The molecule has 90 valence electrons. The highest BCUT2D eigenvalue weighted by Crippen LogP contribution is 2.18. The average Bonchev–Trinajstić information content (AvgIpc) is 2.33. The van der Waals surface area contributed by atoms with Gasteiger partial charge in [-0.05, 0) is 24.6 Å². The molecular formula is C12H8ClN3O2. The van der Waals surface area contributed by atoms with Gasteiger partial charge in [0.25, 0.3) is 5.56 Å². The van der Waals surface area contributed by atoms with E-state index in [2.05, 4.69) is 4.98 Å². The molecule has 1 aromatic carbocycles. The molecule has 0 saturated carbocycles. The summed E-state index contributed by atoms with van der Waals surface area (Å²) in [5.74, 6) is 0. The van der Waals surface area contributed by atoms with Gasteiger partial charge in [0, 0.05) is 11.2 Å². The molecule has 0 atom stereocenters. The van der Waals surface area contributed by atoms with E-state index in [0.29, 0.717) is 10.7 Å². The Morgan fingerprint density at radius 1 is 1.39 bits per heavy atom. The van der Waals surface area contributed by atoms with Gasteiger partial charge in [-0.3, -0.25) is 14.3 Å². The fraction of sp³-hybridized carbons (Fsp3) is 0.0833. The number of rotatable bonds is 1. The van der Waals surface area contributed by atoms with Gasteiger partial charge >= 0.3 is 5.69 Å². The van der Waals surface area contributed by atoms with Crippen molar-refractivity contribution >= 4 is 11.6 Å². The van der Waals surface area contributed by atoms with Crippen LogP contribution in [0, 0.1) is 18.3 Å². The lowest BCUT2D eigenvalue weighted by Crippen LogP contribution is -2.30. The molecule has 0 unspecified atom stereocenters. The summed E-state index contributed by atoms with van der Waals surface area (Å²) in [5, 5.41) is 9.27. The van der Waals surface area contributed by atoms with Gasteiger partial charge in [-0.15, -0.1) is 0 Å². The van der Waals surface area contributed by atoms with Crippen LogP contribution in [0.5, 0.6) is 0 Å². The van der Waals surface area contributed by atoms with E-state index in [4.69, 9.17) is 16.9 Å². The van der Waals surface area contributed by atoms with Crippen LogP contribution in [-0.4, -0.2) is 9.55 Å². The zero-order valence-electron chi connectivity index (χ0n) is 9.40. The van der Waals surface area contributed by atoms with Crippen LogP contribution in [0.1, 0.15) is 11.1 Å². The van der Waals surface area contributed by atoms with Crippen LogP contribution in [-0.2, 0) is 0 Å². The molecule has 0 aliphatic rings. The third-order valence-corrected chi connectivity index (χ3v) is 2.90. The van der Waals surface area contributed by atoms with Gasteiger partial charge in [0.2, 0.25) is 0 Å². The molecule has 2 aromatic rings. The summed E-state index contributed by atoms with van der Waals surface area (Å²) >= 11 is 5.97. The lowest BCUT2D eigenvalue weighted by Gasteiger charge is -2.06. The van der Waals surface area contributed by atoms with Crippen molar-refractivity contribution in [2.45, 2.75) is 6.92 Å². The summed E-state index contributed by atoms with van der Waals surface area (Å²) in [6, 6.07) is 6.75. The number of aromatic nitrogens is 2. The normalized spacial score (nSPS) is 10.1. The van der Waals surface area contributed by atoms with Gasteiger partial charge in [-0.1, -0.05) is 17.7 Å². The van der Waals surface area contributed by atoms with Crippen molar-refractivity contribution in [3.8, 4) is 11.8 Å². The van der Waals surface area contributed by atoms with Gasteiger partial charge in [0.05, 0.1) is 5.69 Å². The number of hydrogen-bond acceptors (Lipinski definition) is 3. The number of nitrogens with zero attached hydrogens (tertiary/aromatic N) is 2. The Morgan fingerprint density at radius 3 is 2.72 bits per heavy atom. The smallest absolute Gasteiger partial charge is 0.273 e. The molecule has 1 heterocycles. The average molecular weight is 262 g/mol. The van der Waals surface area contributed by atoms with Crippen molar-refractivity contribution < 1.29 is 0 Å². The lowest BCUT2D eigenvalue weighted by molar-refractivity contribution is 0.889. The van der Waals surface area contributed by atoms with Crippen LogP contribution >= 0.6 is 11.6 Å². The summed E-state index contributed by atoms with van der Waals surface area (Å²) in [7, 11) is 0. The van der Waals surface area contributed by atoms with Crippen LogP contribution in [0.25, 0.3) is 5.69 Å². The first-order valence-electron chi connectivity index (χ1n) is 5.05. The monoisotopic (exact) mass is 261 g/mol. The highest BCUT2D eigenvalue weighted by Gasteiger charge is 2.06. The number of hydrogen-bond donors (Lipinski definition) is 1. The lowest BCUT2D eigenvalue weighted by atomic mass is 10.2. The molecule has 18 heavy (non-hydrogen) atoms. The Kier molecular flexibility index (Phi) is 3.04. The molecule has 0 aliphatic heterocycles. The molecule has 1 aromatic heterocycles. The molecule has 0 fully saturated rings. The molecular weight excluding hydrogens is 254 g/mol. The van der Waals surface area contributed by atoms with E-state index in [1.54, 1.807) is 24.3 Å². The van der Waals surface area contributed by atoms with E-state index in [1.807, 2.05) is 6.92 Å². The Balaban J connectivity index is 2.72. The second-order valence-electron chi connectivity index (χ2n) is 3.72. The van der Waals surface area contributed by atoms with Gasteiger partial charge in [-0.2, -0.15) is 5.26 Å². The minimum Gasteiger partial charge on any atom is -0.273 e. The molecule has 0 saturated heterocycles. The molecule has 0 bridgehead atoms. The van der Waals surface area contributed by atoms with Gasteiger partial charge in [0.1, 0.15) is 11.6 Å². The first kappa shape index (κ1) is 12.1. The molecule has 0 amide bonds. The van der Waals surface area contributed by atoms with Crippen molar-refractivity contribution in [3.63, 3.8) is 0 Å². The van der Waals surface area contributed by atoms with Crippen LogP contribution in [0.2, 0.25) is 5.02 Å². The predicted molar refractivity (Wildman–Crippen MR) is 67.1 cm³/mol. The Labute approximate surface area is 107 Å². The fourth-order valence-electron chi connectivity index (χ4n) is 1.47. The maximum Gasteiger partial charge on any atom is 0.332 e. The quantitative estimate of drug-likeness (QED) is 0.842. The third kappa shape index (κ3) is 2.06. The summed E-state index contributed by atoms with van der Waals surface area (Å²) in [5.41, 5.74) is -0.0797. The highest BCUT2D eigenvalue weighted by molar-refractivity contribution is 6.31. The summed E-state index contributed by atoms with van der Waals surface area (Å²) < 4.78 is 1.17. The van der Waals surface area contributed by atoms with Gasteiger partial charge < -0.3 is 0 Å². The molecule has 5 nitrogen and oxygen atoms in total. The van der Waals surface area contributed by atoms with Crippen LogP contribution in [0.3, 0.4) is 0 Å². The van der Waals surface area contributed by atoms with E-state index in [0.717, 1.165) is 5.56 Å². The van der Waals surface area contributed by atoms with Crippen LogP contribution < -0.4 is 11.2 Å². The largest absolute Gasteiger partial charge is 0.332 e. The fourth-order valence-corrected chi connectivity index (χ4v) is 1.65. The topological polar surface area (TPSA) is 78.7 Å². The van der Waals surface area contributed by atoms with E-state index in [9.17, 15) is 9.59 Å². The maximum atomic E-state index is 11.7. The number of halogens is 1. The minimum absolute atomic E-state index is 0.133. The summed E-state index contributed by atoms with van der Waals surface area (Å²) in [6.45, 7) is 1.84. The molecule has 0 aliphatic carbocycles. The zero-order chi connectivity index (χ0) is 13.3. The zero-order valence-corrected chi connectivity index (χ0v) is 10.2. The van der Waals surface area contributed by atoms with E-state index < -0.39 is 11.2 Å². The minimum atomic E-state index is -0.697. The maximum absolute atomic E-state index is 11.7. The first-order valence-corrected chi connectivity index (χ1v) is 5.43. The van der Waals surface area contributed by atoms with Crippen LogP contribution in [0.15, 0.2) is 34.0 Å². The van der Waals surface area contributed by atoms with E-state index in [-0.39, 0.29) is 5.56 Å². The Hall–Kier alpha value is -2.32. The number of nitrogens with one attached hydrogen (secondary N) is 1. The summed E-state index contributed by atoms with van der Waals surface area (Å²) in [4.78, 5) is 25.0. The second kappa shape index (κ2) is 4.51. The highest BCUT2D eigenvalue weighted by atomic mass is 35.5. The molecule has 6 heteroatoms. The standard InChI is InChI=1S/C12H8ClN3O2/c1-7-2-3-9(4-10(7)13)16-6-8(5-14)11(17)15-12(16)18/h2-4,6H,1H3,(H,15,17,18). The van der Waals surface area contributed by atoms with Gasteiger partial charge in [-0.25, -0.2) is 4.79 Å². The number of H-pyrrole nitrogens is 1. The van der Waals surface area contributed by atoms with Crippen molar-refractivity contribution in [1.29, 1.82) is 5.26 Å². The number of nitriles is 1. The molecule has 0 radical (unpaired) electrons. The van der Waals surface area contributed by atoms with Crippen molar-refractivity contribution in [2.75, 3.05) is 0 Å². The molecule has 0 spiro atoms. The molecule has 1 N–H and O–H groups in total. The third-order valence-electron chi connectivity index (χ3n) is 2.50. The first-order chi connectivity index (χ1) is 8.52. The van der Waals surface area contributed by atoms with Gasteiger partial charge in [0.15, 0.2) is 0 Å². The predicted octanol–water partition coefficient (Wildman–Crippen LogP) is 1.36. The van der Waals surface area contributed by atoms with Crippen molar-refractivity contribution in [3.05, 3.63) is 61.4 Å². The van der Waals surface area contributed by atoms with Crippen LogP contribution in [0.4, 0.5) is 0 Å². The second-order valence-corrected chi connectivity index (χ2v) is 4.12. The van der Waals surface area contributed by atoms with Crippen molar-refractivity contribution in [1.82, 2.24) is 9.55 Å². The Bertz CT molecular complexity index is 768. The van der Waals surface area contributed by atoms with Crippen molar-refractivity contribution in [2.24, 2.45) is 0 Å². The number of aromatic amines is 1. The van der Waals surface area contributed by atoms with E-state index in [1.165, 1.54) is 10.8 Å².